The van der Waals surface area contributed by atoms with Crippen LogP contribution in [-0.2, 0) is 10.2 Å². The van der Waals surface area contributed by atoms with Crippen molar-refractivity contribution in [2.45, 2.75) is 32.2 Å². The number of carbonyl (C=O) groups excluding carboxylic acids is 1. The predicted molar refractivity (Wildman–Crippen MR) is 116 cm³/mol. The number of aryl methyl sites for hydroxylation is 1. The van der Waals surface area contributed by atoms with Crippen molar-refractivity contribution >= 4 is 11.6 Å². The number of para-hydroxylation sites is 2. The quantitative estimate of drug-likeness (QED) is 0.698. The molecule has 154 valence electrons. The summed E-state index contributed by atoms with van der Waals surface area (Å²) in [5, 5.41) is 14.8. The second-order valence-electron chi connectivity index (χ2n) is 8.00. The van der Waals surface area contributed by atoms with Crippen LogP contribution < -0.4 is 15.4 Å². The summed E-state index contributed by atoms with van der Waals surface area (Å²) in [6.07, 6.45) is 0. The number of nitrogens with two attached hydrogens (primary N) is 1. The van der Waals surface area contributed by atoms with Crippen molar-refractivity contribution in [3.05, 3.63) is 82.9 Å². The first-order chi connectivity index (χ1) is 14.9. The zero-order chi connectivity index (χ0) is 21.9. The molecule has 0 radical (unpaired) electrons. The first-order valence-electron chi connectivity index (χ1n) is 10.1. The minimum absolute atomic E-state index is 0.0826. The lowest BCUT2D eigenvalue weighted by atomic mass is 9.69. The van der Waals surface area contributed by atoms with Gasteiger partial charge in [-0.25, -0.2) is 4.68 Å². The fraction of sp³-hybridized carbons (Fsp3) is 0.208. The molecule has 2 aromatic carbocycles. The fourth-order valence-corrected chi connectivity index (χ4v) is 4.78. The van der Waals surface area contributed by atoms with Gasteiger partial charge in [0.1, 0.15) is 17.1 Å². The monoisotopic (exact) mass is 411 g/mol. The number of benzene rings is 2. The van der Waals surface area contributed by atoms with Crippen molar-refractivity contribution in [3.8, 4) is 17.6 Å². The van der Waals surface area contributed by atoms with Gasteiger partial charge < -0.3 is 15.4 Å². The van der Waals surface area contributed by atoms with E-state index in [2.05, 4.69) is 6.07 Å². The number of hydrogen-bond acceptors (Lipinski definition) is 5. The van der Waals surface area contributed by atoms with Gasteiger partial charge in [0.25, 0.3) is 0 Å². The highest BCUT2D eigenvalue weighted by Crippen LogP contribution is 2.56. The Kier molecular flexibility index (Phi) is 3.96. The molecule has 0 bridgehead atoms. The average molecular weight is 411 g/mol. The Morgan fingerprint density at radius 3 is 2.48 bits per heavy atom. The standard InChI is InChI=1S/C24H21N5O2/c1-14(2)28-19-12-8-7-11-17(19)24(23(28)30)18(13-25)21(26)31-22-20(24)15(3)27-29(22)16-9-5-4-6-10-16/h4-12,14H,26H2,1-3H3. The van der Waals surface area contributed by atoms with Crippen molar-refractivity contribution < 1.29 is 9.53 Å². The Morgan fingerprint density at radius 1 is 1.13 bits per heavy atom. The molecule has 3 aromatic rings. The number of rotatable bonds is 2. The molecule has 0 saturated heterocycles. The van der Waals surface area contributed by atoms with Gasteiger partial charge in [0.2, 0.25) is 17.7 Å². The van der Waals surface area contributed by atoms with Crippen LogP contribution in [0.25, 0.3) is 5.69 Å². The predicted octanol–water partition coefficient (Wildman–Crippen LogP) is 3.31. The van der Waals surface area contributed by atoms with Gasteiger partial charge in [-0.3, -0.25) is 4.79 Å². The third-order valence-electron chi connectivity index (χ3n) is 5.96. The van der Waals surface area contributed by atoms with Gasteiger partial charge in [0.05, 0.1) is 16.9 Å². The first kappa shape index (κ1) is 18.9. The molecule has 0 saturated carbocycles. The number of anilines is 1. The summed E-state index contributed by atoms with van der Waals surface area (Å²) in [6, 6.07) is 19.1. The second kappa shape index (κ2) is 6.47. The lowest BCUT2D eigenvalue weighted by Crippen LogP contribution is -2.48. The van der Waals surface area contributed by atoms with E-state index in [4.69, 9.17) is 15.6 Å². The molecule has 0 fully saturated rings. The molecular formula is C24H21N5O2. The van der Waals surface area contributed by atoms with Gasteiger partial charge in [-0.05, 0) is 39.0 Å². The van der Waals surface area contributed by atoms with Crippen LogP contribution in [0.15, 0.2) is 66.1 Å². The van der Waals surface area contributed by atoms with E-state index in [1.807, 2.05) is 75.4 Å². The minimum Gasteiger partial charge on any atom is -0.422 e. The Labute approximate surface area is 180 Å². The third-order valence-corrected chi connectivity index (χ3v) is 5.96. The smallest absolute Gasteiger partial charge is 0.248 e. The maximum absolute atomic E-state index is 14.1. The van der Waals surface area contributed by atoms with Gasteiger partial charge in [0.15, 0.2) is 0 Å². The van der Waals surface area contributed by atoms with Crippen LogP contribution in [0, 0.1) is 18.3 Å². The molecule has 31 heavy (non-hydrogen) atoms. The fourth-order valence-electron chi connectivity index (χ4n) is 4.78. The molecule has 7 heteroatoms. The molecule has 2 N–H and O–H groups in total. The number of hydrogen-bond donors (Lipinski definition) is 1. The van der Waals surface area contributed by atoms with Crippen molar-refractivity contribution in [3.63, 3.8) is 0 Å². The molecule has 1 atom stereocenters. The molecule has 1 amide bonds. The van der Waals surface area contributed by atoms with Gasteiger partial charge in [-0.2, -0.15) is 10.4 Å². The molecular weight excluding hydrogens is 390 g/mol. The van der Waals surface area contributed by atoms with E-state index in [9.17, 15) is 10.1 Å². The third kappa shape index (κ3) is 2.27. The molecule has 1 aromatic heterocycles. The van der Waals surface area contributed by atoms with Crippen molar-refractivity contribution in [2.75, 3.05) is 4.90 Å². The maximum Gasteiger partial charge on any atom is 0.248 e. The van der Waals surface area contributed by atoms with E-state index in [0.29, 0.717) is 22.7 Å². The molecule has 0 aliphatic carbocycles. The van der Waals surface area contributed by atoms with Crippen LogP contribution >= 0.6 is 0 Å². The highest BCUT2D eigenvalue weighted by atomic mass is 16.5. The Hall–Kier alpha value is -4.05. The Morgan fingerprint density at radius 2 is 1.81 bits per heavy atom. The van der Waals surface area contributed by atoms with E-state index in [1.54, 1.807) is 9.58 Å². The van der Waals surface area contributed by atoms with E-state index >= 15 is 0 Å². The van der Waals surface area contributed by atoms with Crippen LogP contribution in [0.3, 0.4) is 0 Å². The molecule has 3 heterocycles. The summed E-state index contributed by atoms with van der Waals surface area (Å²) in [5.41, 5.74) is 8.39. The van der Waals surface area contributed by atoms with E-state index in [1.165, 1.54) is 0 Å². The summed E-state index contributed by atoms with van der Waals surface area (Å²) in [4.78, 5) is 15.9. The molecule has 1 unspecified atom stereocenters. The molecule has 2 aliphatic heterocycles. The van der Waals surface area contributed by atoms with E-state index < -0.39 is 5.41 Å². The molecule has 2 aliphatic rings. The summed E-state index contributed by atoms with van der Waals surface area (Å²) >= 11 is 0. The topological polar surface area (TPSA) is 97.2 Å². The van der Waals surface area contributed by atoms with Gasteiger partial charge >= 0.3 is 0 Å². The number of nitriles is 1. The van der Waals surface area contributed by atoms with Crippen molar-refractivity contribution in [1.29, 1.82) is 5.26 Å². The average Bonchev–Trinajstić information content (AvgIpc) is 3.22. The first-order valence-corrected chi connectivity index (χ1v) is 10.1. The number of nitrogens with zero attached hydrogens (tertiary/aromatic N) is 4. The molecule has 7 nitrogen and oxygen atoms in total. The normalized spacial score (nSPS) is 19.5. The van der Waals surface area contributed by atoms with Gasteiger partial charge in [-0.15, -0.1) is 0 Å². The molecule has 5 rings (SSSR count). The van der Waals surface area contributed by atoms with E-state index in [0.717, 1.165) is 11.4 Å². The summed E-state index contributed by atoms with van der Waals surface area (Å²) in [6.45, 7) is 5.73. The lowest BCUT2D eigenvalue weighted by Gasteiger charge is -2.33. The Bertz CT molecular complexity index is 1300. The number of ether oxygens (including phenoxy) is 1. The zero-order valence-corrected chi connectivity index (χ0v) is 17.5. The van der Waals surface area contributed by atoms with Crippen LogP contribution in [0.4, 0.5) is 5.69 Å². The molecule has 1 spiro atoms. The minimum atomic E-state index is -1.40. The highest BCUT2D eigenvalue weighted by Gasteiger charge is 2.61. The van der Waals surface area contributed by atoms with Crippen LogP contribution in [0.5, 0.6) is 5.88 Å². The Balaban J connectivity index is 1.91. The largest absolute Gasteiger partial charge is 0.422 e. The highest BCUT2D eigenvalue weighted by molar-refractivity contribution is 6.14. The van der Waals surface area contributed by atoms with Gasteiger partial charge in [-0.1, -0.05) is 36.4 Å². The van der Waals surface area contributed by atoms with Crippen LogP contribution in [0.2, 0.25) is 0 Å². The second-order valence-corrected chi connectivity index (χ2v) is 8.00. The summed E-state index contributed by atoms with van der Waals surface area (Å²) in [5.74, 6) is 0.0539. The number of aromatic nitrogens is 2. The summed E-state index contributed by atoms with van der Waals surface area (Å²) < 4.78 is 7.59. The van der Waals surface area contributed by atoms with Crippen LogP contribution in [-0.4, -0.2) is 21.7 Å². The maximum atomic E-state index is 14.1. The zero-order valence-electron chi connectivity index (χ0n) is 17.5. The van der Waals surface area contributed by atoms with Gasteiger partial charge in [0, 0.05) is 17.3 Å². The number of fused-ring (bicyclic) bond motifs is 4. The van der Waals surface area contributed by atoms with E-state index in [-0.39, 0.29) is 23.4 Å². The lowest BCUT2D eigenvalue weighted by molar-refractivity contribution is -0.121. The van der Waals surface area contributed by atoms with Crippen molar-refractivity contribution in [2.24, 2.45) is 5.73 Å². The SMILES string of the molecule is Cc1nn(-c2ccccc2)c2c1C1(C(=O)N(C(C)C)c3ccccc31)C(C#N)=C(N)O2. The number of carbonyl (C=O) groups is 1. The summed E-state index contributed by atoms with van der Waals surface area (Å²) in [7, 11) is 0. The van der Waals surface area contributed by atoms with Crippen molar-refractivity contribution in [1.82, 2.24) is 9.78 Å². The number of amides is 1. The van der Waals surface area contributed by atoms with Crippen LogP contribution in [0.1, 0.15) is 30.7 Å².